The van der Waals surface area contributed by atoms with Crippen LogP contribution >= 0.6 is 0 Å². The summed E-state index contributed by atoms with van der Waals surface area (Å²) in [6, 6.07) is -0.716. The highest BCUT2D eigenvalue weighted by Gasteiger charge is 2.09. The van der Waals surface area contributed by atoms with Crippen molar-refractivity contribution in [2.24, 2.45) is 11.5 Å². The molecular formula is C6H14N2O2. The monoisotopic (exact) mass is 152 g/mol. The lowest BCUT2D eigenvalue weighted by Crippen LogP contribution is -2.29. The van der Waals surface area contributed by atoms with Crippen LogP contribution in [0.1, 0.15) is 19.3 Å². The van der Waals surface area contributed by atoms with Crippen LogP contribution in [0.25, 0.3) is 0 Å². The summed E-state index contributed by atoms with van der Waals surface area (Å²) >= 11 is 0. The van der Waals surface area contributed by atoms with Gasteiger partial charge in [-0.1, -0.05) is 6.42 Å². The molecule has 0 unspecified atom stereocenters. The number of hydrogen-bond donors (Lipinski definition) is 3. The second kappa shape index (κ2) is 5.20. The van der Waals surface area contributed by atoms with Crippen molar-refractivity contribution in [3.05, 3.63) is 0 Å². The van der Waals surface area contributed by atoms with Gasteiger partial charge in [-0.2, -0.15) is 0 Å². The molecule has 10 heavy (non-hydrogen) atoms. The molecule has 1 atom stereocenters. The SMILES string of the molecule is N[13CH2][13CH2][13CH2][13CH2][13C@@H](N)[13C](=O)O. The first-order valence-corrected chi connectivity index (χ1v) is 3.37. The lowest BCUT2D eigenvalue weighted by molar-refractivity contribution is -0.138. The van der Waals surface area contributed by atoms with Gasteiger partial charge >= 0.3 is 5.97 Å². The fraction of sp³-hybridized carbons (Fsp3) is 0.833. The van der Waals surface area contributed by atoms with E-state index < -0.39 is 12.0 Å². The zero-order valence-corrected chi connectivity index (χ0v) is 5.92. The Balaban J connectivity index is 3.21. The molecule has 0 heterocycles. The van der Waals surface area contributed by atoms with Crippen LogP contribution in [-0.2, 0) is 4.79 Å². The minimum absolute atomic E-state index is 0.520. The van der Waals surface area contributed by atoms with Crippen LogP contribution in [0.15, 0.2) is 0 Å². The first-order valence-electron chi connectivity index (χ1n) is 3.37. The van der Waals surface area contributed by atoms with Crippen LogP contribution in [-0.4, -0.2) is 23.7 Å². The van der Waals surface area contributed by atoms with E-state index in [0.717, 1.165) is 12.8 Å². The van der Waals surface area contributed by atoms with Gasteiger partial charge in [0, 0.05) is 0 Å². The first kappa shape index (κ1) is 9.39. The summed E-state index contributed by atoms with van der Waals surface area (Å²) in [7, 11) is 0. The van der Waals surface area contributed by atoms with Gasteiger partial charge in [0.25, 0.3) is 0 Å². The maximum atomic E-state index is 10.1. The van der Waals surface area contributed by atoms with Gasteiger partial charge in [0.1, 0.15) is 6.04 Å². The van der Waals surface area contributed by atoms with Crippen LogP contribution in [0.3, 0.4) is 0 Å². The van der Waals surface area contributed by atoms with Crippen LogP contribution < -0.4 is 11.5 Å². The molecule has 4 nitrogen and oxygen atoms in total. The normalized spacial score (nSPS) is 13.0. The quantitative estimate of drug-likeness (QED) is 0.367. The van der Waals surface area contributed by atoms with Gasteiger partial charge in [0.2, 0.25) is 0 Å². The van der Waals surface area contributed by atoms with E-state index in [1.165, 1.54) is 0 Å². The van der Waals surface area contributed by atoms with Gasteiger partial charge in [0.05, 0.1) is 0 Å². The van der Waals surface area contributed by atoms with Gasteiger partial charge in [0.15, 0.2) is 0 Å². The minimum atomic E-state index is -0.933. The molecule has 0 fully saturated rings. The van der Waals surface area contributed by atoms with Gasteiger partial charge in [-0.15, -0.1) is 0 Å². The van der Waals surface area contributed by atoms with Crippen molar-refractivity contribution in [3.8, 4) is 0 Å². The van der Waals surface area contributed by atoms with Crippen molar-refractivity contribution in [2.75, 3.05) is 6.54 Å². The second-order valence-electron chi connectivity index (χ2n) is 2.23. The third kappa shape index (κ3) is 4.29. The van der Waals surface area contributed by atoms with E-state index in [1.54, 1.807) is 0 Å². The molecule has 0 radical (unpaired) electrons. The highest BCUT2D eigenvalue weighted by Crippen LogP contribution is 1.96. The van der Waals surface area contributed by atoms with Gasteiger partial charge in [-0.05, 0) is 19.4 Å². The number of carbonyl (C=O) groups is 1. The number of hydrogen-bond acceptors (Lipinski definition) is 3. The predicted octanol–water partition coefficient (Wildman–Crippen LogP) is -0.473. The Morgan fingerprint density at radius 3 is 2.50 bits per heavy atom. The van der Waals surface area contributed by atoms with Crippen LogP contribution in [0.4, 0.5) is 0 Å². The summed E-state index contributed by atoms with van der Waals surface area (Å²) in [5.41, 5.74) is 10.4. The Kier molecular flexibility index (Phi) is 4.88. The molecule has 0 saturated carbocycles. The largest absolute Gasteiger partial charge is 0.480 e. The molecule has 4 heteroatoms. The fourth-order valence-corrected chi connectivity index (χ4v) is 0.632. The van der Waals surface area contributed by atoms with Crippen LogP contribution in [0, 0.1) is 0 Å². The highest BCUT2D eigenvalue weighted by molar-refractivity contribution is 5.72. The predicted molar refractivity (Wildman–Crippen MR) is 38.5 cm³/mol. The van der Waals surface area contributed by atoms with Crippen molar-refractivity contribution in [3.63, 3.8) is 0 Å². The van der Waals surface area contributed by atoms with Crippen molar-refractivity contribution in [2.45, 2.75) is 25.3 Å². The summed E-state index contributed by atoms with van der Waals surface area (Å²) in [6.07, 6.45) is 2.16. The molecule has 0 aliphatic carbocycles. The molecule has 0 amide bonds. The topological polar surface area (TPSA) is 89.3 Å². The number of nitrogens with two attached hydrogens (primary N) is 2. The summed E-state index contributed by atoms with van der Waals surface area (Å²) in [4.78, 5) is 10.1. The number of rotatable bonds is 5. The van der Waals surface area contributed by atoms with Crippen molar-refractivity contribution in [1.82, 2.24) is 0 Å². The number of carboxylic acid groups (broad SMARTS) is 1. The molecule has 0 saturated heterocycles. The van der Waals surface area contributed by atoms with E-state index in [2.05, 4.69) is 0 Å². The third-order valence-electron chi connectivity index (χ3n) is 1.29. The number of aliphatic carboxylic acids is 1. The van der Waals surface area contributed by atoms with E-state index in [-0.39, 0.29) is 0 Å². The lowest BCUT2D eigenvalue weighted by Gasteiger charge is -2.03. The maximum Gasteiger partial charge on any atom is 0.320 e. The average Bonchev–Trinajstić information content (AvgIpc) is 1.88. The van der Waals surface area contributed by atoms with Crippen molar-refractivity contribution >= 4 is 5.97 Å². The van der Waals surface area contributed by atoms with Crippen LogP contribution in [0.5, 0.6) is 0 Å². The Hall–Kier alpha value is -0.610. The zero-order chi connectivity index (χ0) is 7.98. The molecule has 0 spiro atoms. The van der Waals surface area contributed by atoms with Gasteiger partial charge in [-0.3, -0.25) is 4.79 Å². The third-order valence-corrected chi connectivity index (χ3v) is 1.29. The molecular weight excluding hydrogens is 138 g/mol. The van der Waals surface area contributed by atoms with Crippen molar-refractivity contribution in [1.29, 1.82) is 0 Å². The Morgan fingerprint density at radius 1 is 1.50 bits per heavy atom. The molecule has 0 aromatic rings. The molecule has 60 valence electrons. The van der Waals surface area contributed by atoms with E-state index in [9.17, 15) is 4.79 Å². The Morgan fingerprint density at radius 2 is 2.10 bits per heavy atom. The van der Waals surface area contributed by atoms with Crippen LogP contribution in [0.2, 0.25) is 0 Å². The molecule has 0 rings (SSSR count). The molecule has 0 aliphatic heterocycles. The first-order chi connectivity index (χ1) is 4.68. The fourth-order valence-electron chi connectivity index (χ4n) is 0.632. The smallest absolute Gasteiger partial charge is 0.320 e. The molecule has 0 aliphatic rings. The standard InChI is InChI=1S/C6H14N2O2/c7-4-2-1-3-5(8)6(9)10/h5H,1-4,7-8H2,(H,9,10)/t5-/m1/s1/i1+1,2+1,3+1,4+1,5+1,6+1. The van der Waals surface area contributed by atoms with E-state index >= 15 is 0 Å². The zero-order valence-electron chi connectivity index (χ0n) is 5.92. The maximum absolute atomic E-state index is 10.1. The highest BCUT2D eigenvalue weighted by atomic mass is 16.5. The molecule has 5 N–H and O–H groups in total. The lowest BCUT2D eigenvalue weighted by atomic mass is 11.1. The second-order valence-corrected chi connectivity index (χ2v) is 2.23. The summed E-state index contributed by atoms with van der Waals surface area (Å²) in [5, 5.41) is 8.33. The number of carboxylic acids is 1. The summed E-state index contributed by atoms with van der Waals surface area (Å²) < 4.78 is 0. The summed E-state index contributed by atoms with van der Waals surface area (Å²) in [6.45, 7) is 0.604. The Labute approximate surface area is 60.2 Å². The number of unbranched alkanes of at least 4 members (excludes halogenated alkanes) is 1. The molecule has 0 aromatic heterocycles. The van der Waals surface area contributed by atoms with Gasteiger partial charge in [-0.25, -0.2) is 0 Å². The Bertz CT molecular complexity index is 106. The van der Waals surface area contributed by atoms with Crippen molar-refractivity contribution < 1.29 is 9.90 Å². The molecule has 0 aromatic carbocycles. The van der Waals surface area contributed by atoms with Gasteiger partial charge < -0.3 is 16.6 Å². The summed E-state index contributed by atoms with van der Waals surface area (Å²) in [5.74, 6) is -0.933. The molecule has 0 bridgehead atoms. The van der Waals surface area contributed by atoms with E-state index in [0.29, 0.717) is 13.0 Å². The minimum Gasteiger partial charge on any atom is -0.480 e. The average molecular weight is 152 g/mol. The van der Waals surface area contributed by atoms with E-state index in [1.807, 2.05) is 0 Å². The van der Waals surface area contributed by atoms with E-state index in [4.69, 9.17) is 16.6 Å².